The largest absolute Gasteiger partial charge is 0.456 e. The van der Waals surface area contributed by atoms with Crippen molar-refractivity contribution in [3.8, 4) is 11.1 Å². The van der Waals surface area contributed by atoms with Crippen molar-refractivity contribution in [2.75, 3.05) is 18.0 Å². The highest BCUT2D eigenvalue weighted by atomic mass is 32.1. The molecule has 0 bridgehead atoms. The topological polar surface area (TPSA) is 71.3 Å². The highest BCUT2D eigenvalue weighted by Crippen LogP contribution is 2.43. The van der Waals surface area contributed by atoms with E-state index in [-0.39, 0.29) is 11.9 Å². The lowest BCUT2D eigenvalue weighted by molar-refractivity contribution is 0.0901. The number of fused-ring (bicyclic) bond motifs is 1. The summed E-state index contributed by atoms with van der Waals surface area (Å²) in [4.78, 5) is 26.0. The van der Waals surface area contributed by atoms with Gasteiger partial charge in [0.25, 0.3) is 5.91 Å². The predicted octanol–water partition coefficient (Wildman–Crippen LogP) is 5.54. The number of carbonyl (C=O) groups excluding carboxylic acids is 1. The number of amides is 1. The number of hydrogen-bond donors (Lipinski definition) is 1. The molecule has 0 radical (unpaired) electrons. The lowest BCUT2D eigenvalue weighted by Gasteiger charge is -2.33. The van der Waals surface area contributed by atoms with E-state index in [0.717, 1.165) is 53.6 Å². The molecule has 0 spiro atoms. The lowest BCUT2D eigenvalue weighted by atomic mass is 10.0. The second-order valence-corrected chi connectivity index (χ2v) is 9.88. The summed E-state index contributed by atoms with van der Waals surface area (Å²) in [5.41, 5.74) is 2.40. The summed E-state index contributed by atoms with van der Waals surface area (Å²) in [6.45, 7) is 3.55. The second-order valence-electron chi connectivity index (χ2n) is 9.02. The smallest absolute Gasteiger partial charge is 0.287 e. The van der Waals surface area contributed by atoms with E-state index in [1.54, 1.807) is 17.4 Å². The maximum absolute atomic E-state index is 12.5. The summed E-state index contributed by atoms with van der Waals surface area (Å²) in [7, 11) is 0. The van der Waals surface area contributed by atoms with Crippen molar-refractivity contribution in [1.82, 2.24) is 15.3 Å². The first kappa shape index (κ1) is 20.4. The molecule has 6 nitrogen and oxygen atoms in total. The van der Waals surface area contributed by atoms with Gasteiger partial charge in [-0.25, -0.2) is 9.97 Å². The van der Waals surface area contributed by atoms with Crippen LogP contribution in [0.4, 0.5) is 5.82 Å². The molecule has 1 aliphatic carbocycles. The number of piperidine rings is 1. The van der Waals surface area contributed by atoms with Gasteiger partial charge < -0.3 is 14.6 Å². The van der Waals surface area contributed by atoms with Crippen LogP contribution in [0.2, 0.25) is 0 Å². The Balaban J connectivity index is 1.27. The first-order valence-corrected chi connectivity index (χ1v) is 12.5. The first-order chi connectivity index (χ1) is 16.2. The highest BCUT2D eigenvalue weighted by molar-refractivity contribution is 7.17. The molecule has 1 saturated carbocycles. The van der Waals surface area contributed by atoms with E-state index in [0.29, 0.717) is 11.7 Å². The number of carbonyl (C=O) groups is 1. The molecule has 33 heavy (non-hydrogen) atoms. The van der Waals surface area contributed by atoms with Crippen LogP contribution in [0, 0.1) is 6.92 Å². The van der Waals surface area contributed by atoms with Gasteiger partial charge in [-0.15, -0.1) is 11.3 Å². The number of nitrogens with one attached hydrogen (secondary N) is 1. The Kier molecular flexibility index (Phi) is 5.14. The minimum absolute atomic E-state index is 0.133. The molecule has 4 aromatic rings. The number of aryl methyl sites for hydroxylation is 1. The van der Waals surface area contributed by atoms with Crippen molar-refractivity contribution in [2.45, 2.75) is 44.6 Å². The fourth-order valence-electron chi connectivity index (χ4n) is 4.57. The van der Waals surface area contributed by atoms with Crippen molar-refractivity contribution in [1.29, 1.82) is 0 Å². The van der Waals surface area contributed by atoms with Gasteiger partial charge in [0.2, 0.25) is 0 Å². The van der Waals surface area contributed by atoms with Gasteiger partial charge >= 0.3 is 0 Å². The fraction of sp³-hybridized carbons (Fsp3) is 0.346. The Morgan fingerprint density at radius 1 is 1.06 bits per heavy atom. The molecular formula is C26H26N4O2S. The summed E-state index contributed by atoms with van der Waals surface area (Å²) < 4.78 is 5.48. The van der Waals surface area contributed by atoms with E-state index in [1.165, 1.54) is 24.0 Å². The standard InChI is InChI=1S/C26H26N4O2S/c1-16-7-10-21(32-16)25(31)27-19-11-13-30(14-12-19)24-22-20(17-5-3-2-4-6-17)15-33-26(22)29-23(28-24)18-8-9-18/h2-7,10,15,18-19H,8-9,11-14H2,1H3,(H,27,31). The Morgan fingerprint density at radius 3 is 2.55 bits per heavy atom. The van der Waals surface area contributed by atoms with Gasteiger partial charge in [-0.2, -0.15) is 0 Å². The molecule has 6 rings (SSSR count). The Bertz CT molecular complexity index is 1300. The molecule has 0 unspecified atom stereocenters. The van der Waals surface area contributed by atoms with Crippen LogP contribution >= 0.6 is 11.3 Å². The van der Waals surface area contributed by atoms with E-state index >= 15 is 0 Å². The monoisotopic (exact) mass is 458 g/mol. The Hall–Kier alpha value is -3.19. The third-order valence-corrected chi connectivity index (χ3v) is 7.43. The van der Waals surface area contributed by atoms with E-state index in [2.05, 4.69) is 39.9 Å². The minimum Gasteiger partial charge on any atom is -0.456 e. The minimum atomic E-state index is -0.133. The SMILES string of the molecule is Cc1ccc(C(=O)NC2CCN(c3nc(C4CC4)nc4scc(-c5ccccc5)c34)CC2)o1. The molecule has 7 heteroatoms. The molecule has 3 aromatic heterocycles. The van der Waals surface area contributed by atoms with Gasteiger partial charge in [0, 0.05) is 36.0 Å². The average Bonchev–Trinajstić information content (AvgIpc) is 3.46. The Morgan fingerprint density at radius 2 is 1.85 bits per heavy atom. The second kappa shape index (κ2) is 8.30. The molecule has 0 atom stereocenters. The van der Waals surface area contributed by atoms with Crippen molar-refractivity contribution < 1.29 is 9.21 Å². The van der Waals surface area contributed by atoms with Crippen molar-refractivity contribution in [2.24, 2.45) is 0 Å². The maximum atomic E-state index is 12.5. The molecular weight excluding hydrogens is 432 g/mol. The normalized spacial score (nSPS) is 16.9. The molecule has 2 aliphatic rings. The number of hydrogen-bond acceptors (Lipinski definition) is 6. The van der Waals surface area contributed by atoms with Crippen molar-refractivity contribution in [3.05, 3.63) is 65.2 Å². The van der Waals surface area contributed by atoms with Crippen LogP contribution < -0.4 is 10.2 Å². The van der Waals surface area contributed by atoms with Gasteiger partial charge in [-0.3, -0.25) is 4.79 Å². The summed E-state index contributed by atoms with van der Waals surface area (Å²) in [6.07, 6.45) is 4.12. The molecule has 1 amide bonds. The zero-order valence-electron chi connectivity index (χ0n) is 18.6. The van der Waals surface area contributed by atoms with Crippen LogP contribution in [0.25, 0.3) is 21.3 Å². The van der Waals surface area contributed by atoms with Crippen molar-refractivity contribution >= 4 is 33.3 Å². The van der Waals surface area contributed by atoms with Gasteiger partial charge in [0.1, 0.15) is 22.2 Å². The fourth-order valence-corrected chi connectivity index (χ4v) is 5.52. The number of thiophene rings is 1. The summed E-state index contributed by atoms with van der Waals surface area (Å²) in [5, 5.41) is 6.51. The average molecular weight is 459 g/mol. The predicted molar refractivity (Wildman–Crippen MR) is 131 cm³/mol. The quantitative estimate of drug-likeness (QED) is 0.425. The van der Waals surface area contributed by atoms with E-state index < -0.39 is 0 Å². The van der Waals surface area contributed by atoms with Crippen LogP contribution in [0.5, 0.6) is 0 Å². The van der Waals surface area contributed by atoms with Crippen LogP contribution in [0.1, 0.15) is 53.7 Å². The number of benzene rings is 1. The number of rotatable bonds is 5. The number of anilines is 1. The van der Waals surface area contributed by atoms with Crippen LogP contribution in [0.15, 0.2) is 52.3 Å². The molecule has 4 heterocycles. The maximum Gasteiger partial charge on any atom is 0.287 e. The summed E-state index contributed by atoms with van der Waals surface area (Å²) in [6, 6.07) is 14.2. The van der Waals surface area contributed by atoms with Gasteiger partial charge in [-0.05, 0) is 50.3 Å². The zero-order chi connectivity index (χ0) is 22.4. The first-order valence-electron chi connectivity index (χ1n) is 11.6. The summed E-state index contributed by atoms with van der Waals surface area (Å²) in [5.74, 6) is 3.54. The number of nitrogens with zero attached hydrogens (tertiary/aromatic N) is 3. The van der Waals surface area contributed by atoms with Gasteiger partial charge in [0.05, 0.1) is 5.39 Å². The molecule has 2 fully saturated rings. The molecule has 1 aliphatic heterocycles. The molecule has 1 N–H and O–H groups in total. The number of aromatic nitrogens is 2. The van der Waals surface area contributed by atoms with Crippen LogP contribution in [-0.2, 0) is 0 Å². The molecule has 1 aromatic carbocycles. The lowest BCUT2D eigenvalue weighted by Crippen LogP contribution is -2.45. The van der Waals surface area contributed by atoms with E-state index in [4.69, 9.17) is 14.4 Å². The summed E-state index contributed by atoms with van der Waals surface area (Å²) >= 11 is 1.71. The van der Waals surface area contributed by atoms with Gasteiger partial charge in [0.15, 0.2) is 5.76 Å². The molecule has 168 valence electrons. The zero-order valence-corrected chi connectivity index (χ0v) is 19.4. The highest BCUT2D eigenvalue weighted by Gasteiger charge is 2.31. The third-order valence-electron chi connectivity index (χ3n) is 6.55. The van der Waals surface area contributed by atoms with Gasteiger partial charge in [-0.1, -0.05) is 30.3 Å². The Labute approximate surface area is 196 Å². The van der Waals surface area contributed by atoms with Crippen LogP contribution in [0.3, 0.4) is 0 Å². The number of furan rings is 1. The van der Waals surface area contributed by atoms with E-state index in [9.17, 15) is 4.79 Å². The van der Waals surface area contributed by atoms with Crippen molar-refractivity contribution in [3.63, 3.8) is 0 Å². The molecule has 1 saturated heterocycles. The third kappa shape index (κ3) is 4.02. The van der Waals surface area contributed by atoms with E-state index in [1.807, 2.05) is 19.1 Å². The van der Waals surface area contributed by atoms with Crippen LogP contribution in [-0.4, -0.2) is 35.0 Å².